The third kappa shape index (κ3) is 6.39. The highest BCUT2D eigenvalue weighted by atomic mass is 32.1. The first kappa shape index (κ1) is 24.9. The molecule has 0 atom stereocenters. The van der Waals surface area contributed by atoms with Gasteiger partial charge in [-0.3, -0.25) is 9.78 Å². The van der Waals surface area contributed by atoms with Gasteiger partial charge in [0.25, 0.3) is 0 Å². The lowest BCUT2D eigenvalue weighted by molar-refractivity contribution is -0.121. The first-order valence-corrected chi connectivity index (χ1v) is 11.8. The summed E-state index contributed by atoms with van der Waals surface area (Å²) >= 11 is 1.63. The zero-order valence-corrected chi connectivity index (χ0v) is 21.6. The summed E-state index contributed by atoms with van der Waals surface area (Å²) in [6.45, 7) is 11.6. The van der Waals surface area contributed by atoms with Gasteiger partial charge in [-0.05, 0) is 60.3 Å². The van der Waals surface area contributed by atoms with Crippen molar-refractivity contribution in [3.05, 3.63) is 28.8 Å². The van der Waals surface area contributed by atoms with Crippen LogP contribution in [0.25, 0.3) is 21.7 Å². The van der Waals surface area contributed by atoms with Gasteiger partial charge in [0.1, 0.15) is 28.7 Å². The van der Waals surface area contributed by atoms with Gasteiger partial charge < -0.3 is 19.9 Å². The van der Waals surface area contributed by atoms with Crippen LogP contribution in [0.4, 0.5) is 5.82 Å². The van der Waals surface area contributed by atoms with E-state index < -0.39 is 0 Å². The minimum atomic E-state index is -0.296. The molecule has 0 radical (unpaired) electrons. The van der Waals surface area contributed by atoms with E-state index in [1.807, 2.05) is 58.9 Å². The summed E-state index contributed by atoms with van der Waals surface area (Å²) in [6.07, 6.45) is 1.71. The normalized spacial score (nSPS) is 11.8. The Morgan fingerprint density at radius 2 is 1.91 bits per heavy atom. The number of likely N-dealkylation sites (N-methyl/N-ethyl adjacent to an activating group) is 2. The van der Waals surface area contributed by atoms with E-state index in [-0.39, 0.29) is 18.0 Å². The van der Waals surface area contributed by atoms with E-state index in [0.29, 0.717) is 18.1 Å². The topological polar surface area (TPSA) is 83.5 Å². The largest absolute Gasteiger partial charge is 0.492 e. The summed E-state index contributed by atoms with van der Waals surface area (Å²) < 4.78 is 5.87. The van der Waals surface area contributed by atoms with Crippen molar-refractivity contribution in [2.24, 2.45) is 0 Å². The van der Waals surface area contributed by atoms with Crippen LogP contribution in [0.15, 0.2) is 18.3 Å². The Kier molecular flexibility index (Phi) is 7.54. The molecule has 0 saturated carbocycles. The SMILES string of the molecule is Cc1sc2nc(-c3cc(OCCN(C)C)ccn3)nc(N(C)CC(=O)NC(C)(C)C)c2c1C. The predicted molar refractivity (Wildman–Crippen MR) is 135 cm³/mol. The number of nitrogens with zero attached hydrogens (tertiary/aromatic N) is 5. The molecule has 0 aliphatic rings. The zero-order valence-electron chi connectivity index (χ0n) is 20.8. The van der Waals surface area contributed by atoms with Crippen molar-refractivity contribution in [1.29, 1.82) is 0 Å². The van der Waals surface area contributed by atoms with Gasteiger partial charge in [0, 0.05) is 36.3 Å². The fourth-order valence-corrected chi connectivity index (χ4v) is 4.36. The van der Waals surface area contributed by atoms with Crippen molar-refractivity contribution in [2.45, 2.75) is 40.2 Å². The maximum Gasteiger partial charge on any atom is 0.239 e. The molecule has 0 aliphatic heterocycles. The molecule has 0 fully saturated rings. The van der Waals surface area contributed by atoms with Crippen LogP contribution in [0, 0.1) is 13.8 Å². The Morgan fingerprint density at radius 1 is 1.18 bits per heavy atom. The lowest BCUT2D eigenvalue weighted by Gasteiger charge is -2.24. The van der Waals surface area contributed by atoms with Crippen molar-refractivity contribution >= 4 is 33.3 Å². The van der Waals surface area contributed by atoms with E-state index in [1.165, 1.54) is 4.88 Å². The van der Waals surface area contributed by atoms with E-state index in [4.69, 9.17) is 14.7 Å². The second kappa shape index (κ2) is 10.0. The molecule has 0 bridgehead atoms. The summed E-state index contributed by atoms with van der Waals surface area (Å²) in [5, 5.41) is 3.99. The number of pyridine rings is 1. The number of ether oxygens (including phenoxy) is 1. The van der Waals surface area contributed by atoms with Crippen LogP contribution < -0.4 is 15.0 Å². The number of aromatic nitrogens is 3. The quantitative estimate of drug-likeness (QED) is 0.538. The molecule has 0 unspecified atom stereocenters. The summed E-state index contributed by atoms with van der Waals surface area (Å²) in [7, 11) is 5.90. The molecule has 3 aromatic rings. The van der Waals surface area contributed by atoms with Crippen LogP contribution in [0.3, 0.4) is 0 Å². The van der Waals surface area contributed by atoms with Gasteiger partial charge >= 0.3 is 0 Å². The maximum absolute atomic E-state index is 12.6. The molecule has 0 aromatic carbocycles. The number of nitrogens with one attached hydrogen (secondary N) is 1. The number of amides is 1. The Hall–Kier alpha value is -2.78. The lowest BCUT2D eigenvalue weighted by Crippen LogP contribution is -2.45. The molecule has 3 aromatic heterocycles. The number of hydrogen-bond acceptors (Lipinski definition) is 8. The van der Waals surface area contributed by atoms with Crippen molar-refractivity contribution in [3.63, 3.8) is 0 Å². The average molecular weight is 471 g/mol. The minimum absolute atomic E-state index is 0.0580. The van der Waals surface area contributed by atoms with Gasteiger partial charge in [0.15, 0.2) is 5.82 Å². The molecule has 3 rings (SSSR count). The third-order valence-corrected chi connectivity index (χ3v) is 6.14. The molecule has 1 amide bonds. The second-order valence-corrected chi connectivity index (χ2v) is 10.7. The van der Waals surface area contributed by atoms with E-state index in [0.717, 1.165) is 33.9 Å². The Morgan fingerprint density at radius 3 is 2.58 bits per heavy atom. The number of fused-ring (bicyclic) bond motifs is 1. The smallest absolute Gasteiger partial charge is 0.239 e. The molecule has 178 valence electrons. The van der Waals surface area contributed by atoms with E-state index >= 15 is 0 Å². The molecule has 1 N–H and O–H groups in total. The number of thiophene rings is 1. The number of hydrogen-bond donors (Lipinski definition) is 1. The number of rotatable bonds is 8. The molecule has 0 spiro atoms. The van der Waals surface area contributed by atoms with Gasteiger partial charge in [-0.1, -0.05) is 0 Å². The molecule has 8 nitrogen and oxygen atoms in total. The van der Waals surface area contributed by atoms with Crippen LogP contribution >= 0.6 is 11.3 Å². The molecular weight excluding hydrogens is 436 g/mol. The standard InChI is InChI=1S/C24H34N6O2S/c1-15-16(2)33-23-20(15)22(30(8)14-19(31)28-24(3,4)5)26-21(27-23)18-13-17(9-10-25-18)32-12-11-29(6)7/h9-10,13H,11-12,14H2,1-8H3,(H,28,31). The molecule has 9 heteroatoms. The molecular formula is C24H34N6O2S. The summed E-state index contributed by atoms with van der Waals surface area (Å²) in [5.74, 6) is 1.91. The molecule has 33 heavy (non-hydrogen) atoms. The van der Waals surface area contributed by atoms with E-state index in [1.54, 1.807) is 17.5 Å². The van der Waals surface area contributed by atoms with Crippen molar-refractivity contribution in [2.75, 3.05) is 45.7 Å². The average Bonchev–Trinajstić information content (AvgIpc) is 2.99. The predicted octanol–water partition coefficient (Wildman–Crippen LogP) is 3.66. The van der Waals surface area contributed by atoms with Crippen LogP contribution in [0.2, 0.25) is 0 Å². The molecule has 0 saturated heterocycles. The van der Waals surface area contributed by atoms with Gasteiger partial charge in [-0.15, -0.1) is 11.3 Å². The minimum Gasteiger partial charge on any atom is -0.492 e. The van der Waals surface area contributed by atoms with Gasteiger partial charge in [-0.2, -0.15) is 0 Å². The fourth-order valence-electron chi connectivity index (χ4n) is 3.34. The Balaban J connectivity index is 1.97. The first-order valence-electron chi connectivity index (χ1n) is 11.0. The Bertz CT molecular complexity index is 1140. The highest BCUT2D eigenvalue weighted by molar-refractivity contribution is 7.18. The number of carbonyl (C=O) groups excluding carboxylic acids is 1. The van der Waals surface area contributed by atoms with Gasteiger partial charge in [0.2, 0.25) is 5.91 Å². The van der Waals surface area contributed by atoms with Crippen LogP contribution in [-0.4, -0.2) is 72.1 Å². The van der Waals surface area contributed by atoms with E-state index in [2.05, 4.69) is 29.0 Å². The molecule has 0 aliphatic carbocycles. The third-order valence-electron chi connectivity index (χ3n) is 5.03. The highest BCUT2D eigenvalue weighted by Crippen LogP contribution is 2.36. The number of anilines is 1. The first-order chi connectivity index (χ1) is 15.4. The van der Waals surface area contributed by atoms with Crippen molar-refractivity contribution in [3.8, 4) is 17.3 Å². The number of carbonyl (C=O) groups is 1. The second-order valence-electron chi connectivity index (χ2n) is 9.52. The molecule has 3 heterocycles. The number of aryl methyl sites for hydroxylation is 2. The lowest BCUT2D eigenvalue weighted by atomic mass is 10.1. The van der Waals surface area contributed by atoms with Crippen LogP contribution in [-0.2, 0) is 4.79 Å². The summed E-state index contributed by atoms with van der Waals surface area (Å²) in [6, 6.07) is 3.70. The van der Waals surface area contributed by atoms with E-state index in [9.17, 15) is 4.79 Å². The Labute approximate surface area is 200 Å². The van der Waals surface area contributed by atoms with Gasteiger partial charge in [-0.25, -0.2) is 9.97 Å². The highest BCUT2D eigenvalue weighted by Gasteiger charge is 2.21. The van der Waals surface area contributed by atoms with Gasteiger partial charge in [0.05, 0.1) is 11.9 Å². The van der Waals surface area contributed by atoms with Crippen molar-refractivity contribution in [1.82, 2.24) is 25.2 Å². The summed E-state index contributed by atoms with van der Waals surface area (Å²) in [5.41, 5.74) is 1.47. The van der Waals surface area contributed by atoms with Crippen LogP contribution in [0.1, 0.15) is 31.2 Å². The van der Waals surface area contributed by atoms with Crippen molar-refractivity contribution < 1.29 is 9.53 Å². The zero-order chi connectivity index (χ0) is 24.3. The maximum atomic E-state index is 12.6. The monoisotopic (exact) mass is 470 g/mol. The fraction of sp³-hybridized carbons (Fsp3) is 0.500. The summed E-state index contributed by atoms with van der Waals surface area (Å²) in [4.78, 5) is 32.8. The van der Waals surface area contributed by atoms with Crippen LogP contribution in [0.5, 0.6) is 5.75 Å².